The Balaban J connectivity index is 1.47. The fraction of sp³-hybridized carbons (Fsp3) is 0.391. The highest BCUT2D eigenvalue weighted by Gasteiger charge is 2.32. The van der Waals surface area contributed by atoms with Gasteiger partial charge in [0.2, 0.25) is 0 Å². The molecule has 1 atom stereocenters. The number of anilines is 3. The number of hydrogen-bond acceptors (Lipinski definition) is 4. The first-order chi connectivity index (χ1) is 15.0. The average Bonchev–Trinajstić information content (AvgIpc) is 2.75. The first-order valence-corrected chi connectivity index (χ1v) is 11.1. The van der Waals surface area contributed by atoms with Crippen LogP contribution in [0.25, 0.3) is 0 Å². The largest absolute Gasteiger partial charge is 0.479 e. The molecule has 164 valence electrons. The summed E-state index contributed by atoms with van der Waals surface area (Å²) in [7, 11) is 0. The number of amides is 3. The Morgan fingerprint density at radius 2 is 1.81 bits per heavy atom. The number of nitrogens with one attached hydrogen (secondary N) is 2. The molecule has 8 heteroatoms. The van der Waals surface area contributed by atoms with E-state index in [0.717, 1.165) is 19.6 Å². The van der Waals surface area contributed by atoms with Crippen molar-refractivity contribution in [2.24, 2.45) is 0 Å². The third-order valence-corrected chi connectivity index (χ3v) is 5.83. The predicted octanol–water partition coefficient (Wildman–Crippen LogP) is 4.58. The molecule has 0 spiro atoms. The van der Waals surface area contributed by atoms with E-state index in [1.165, 1.54) is 19.3 Å². The minimum absolute atomic E-state index is 0.0648. The standard InChI is InChI=1S/C23H27ClN4O3/c1-16-22(29)28(13-12-27-10-3-2-4-11-27)20-15-19(8-9-21(20)31-16)26-23(30)25-18-7-5-6-17(24)14-18/h5-9,14-16H,2-4,10-13H2,1H3,(H2,25,26,30). The second-order valence-electron chi connectivity index (χ2n) is 7.92. The quantitative estimate of drug-likeness (QED) is 0.710. The molecule has 2 aromatic carbocycles. The number of fused-ring (bicyclic) bond motifs is 1. The smallest absolute Gasteiger partial charge is 0.323 e. The number of hydrogen-bond donors (Lipinski definition) is 2. The maximum Gasteiger partial charge on any atom is 0.323 e. The minimum atomic E-state index is -0.529. The zero-order valence-electron chi connectivity index (χ0n) is 17.6. The molecular weight excluding hydrogens is 416 g/mol. The van der Waals surface area contributed by atoms with E-state index in [4.69, 9.17) is 16.3 Å². The molecule has 7 nitrogen and oxygen atoms in total. The predicted molar refractivity (Wildman–Crippen MR) is 123 cm³/mol. The minimum Gasteiger partial charge on any atom is -0.479 e. The zero-order valence-corrected chi connectivity index (χ0v) is 18.3. The van der Waals surface area contributed by atoms with Crippen molar-refractivity contribution in [3.63, 3.8) is 0 Å². The van der Waals surface area contributed by atoms with Crippen molar-refractivity contribution in [3.05, 3.63) is 47.5 Å². The second kappa shape index (κ2) is 9.58. The molecule has 0 aromatic heterocycles. The van der Waals surface area contributed by atoms with Crippen LogP contribution >= 0.6 is 11.6 Å². The van der Waals surface area contributed by atoms with Crippen LogP contribution in [0, 0.1) is 0 Å². The molecule has 1 fully saturated rings. The van der Waals surface area contributed by atoms with E-state index in [-0.39, 0.29) is 5.91 Å². The van der Waals surface area contributed by atoms with E-state index >= 15 is 0 Å². The molecule has 0 aliphatic carbocycles. The monoisotopic (exact) mass is 442 g/mol. The summed E-state index contributed by atoms with van der Waals surface area (Å²) < 4.78 is 5.79. The number of likely N-dealkylation sites (tertiary alicyclic amines) is 1. The third kappa shape index (κ3) is 5.29. The van der Waals surface area contributed by atoms with Gasteiger partial charge in [0.25, 0.3) is 5.91 Å². The fourth-order valence-corrected chi connectivity index (χ4v) is 4.19. The van der Waals surface area contributed by atoms with Crippen LogP contribution in [-0.4, -0.2) is 49.1 Å². The Kier molecular flexibility index (Phi) is 6.63. The molecule has 1 saturated heterocycles. The summed E-state index contributed by atoms with van der Waals surface area (Å²) in [4.78, 5) is 29.4. The van der Waals surface area contributed by atoms with Gasteiger partial charge >= 0.3 is 6.03 Å². The molecule has 0 saturated carbocycles. The van der Waals surface area contributed by atoms with Crippen molar-refractivity contribution < 1.29 is 14.3 Å². The molecule has 31 heavy (non-hydrogen) atoms. The van der Waals surface area contributed by atoms with Gasteiger partial charge in [-0.05, 0) is 69.3 Å². The molecule has 2 aliphatic rings. The number of benzene rings is 2. The topological polar surface area (TPSA) is 73.9 Å². The number of halogens is 1. The summed E-state index contributed by atoms with van der Waals surface area (Å²) in [5, 5.41) is 6.11. The van der Waals surface area contributed by atoms with Gasteiger partial charge < -0.3 is 25.2 Å². The Hall–Kier alpha value is -2.77. The van der Waals surface area contributed by atoms with Crippen LogP contribution in [0.4, 0.5) is 21.9 Å². The number of nitrogens with zero attached hydrogens (tertiary/aromatic N) is 2. The molecule has 2 aliphatic heterocycles. The van der Waals surface area contributed by atoms with Crippen molar-refractivity contribution >= 4 is 40.6 Å². The first-order valence-electron chi connectivity index (χ1n) is 10.7. The van der Waals surface area contributed by atoms with Crippen molar-refractivity contribution in [2.75, 3.05) is 41.7 Å². The Morgan fingerprint density at radius 3 is 2.55 bits per heavy atom. The van der Waals surface area contributed by atoms with Gasteiger partial charge in [0, 0.05) is 29.5 Å². The van der Waals surface area contributed by atoms with Crippen molar-refractivity contribution in [1.82, 2.24) is 4.90 Å². The first kappa shape index (κ1) is 21.5. The average molecular weight is 443 g/mol. The Morgan fingerprint density at radius 1 is 1.06 bits per heavy atom. The number of rotatable bonds is 5. The molecule has 1 unspecified atom stereocenters. The van der Waals surface area contributed by atoms with Crippen LogP contribution in [0.3, 0.4) is 0 Å². The van der Waals surface area contributed by atoms with Gasteiger partial charge in [-0.15, -0.1) is 0 Å². The Labute approximate surface area is 187 Å². The summed E-state index contributed by atoms with van der Waals surface area (Å²) in [6.45, 7) is 5.34. The molecule has 3 amide bonds. The highest BCUT2D eigenvalue weighted by Crippen LogP contribution is 2.36. The maximum atomic E-state index is 12.8. The van der Waals surface area contributed by atoms with Crippen LogP contribution in [0.15, 0.2) is 42.5 Å². The SMILES string of the molecule is CC1Oc2ccc(NC(=O)Nc3cccc(Cl)c3)cc2N(CCN2CCCCC2)C1=O. The van der Waals surface area contributed by atoms with Crippen molar-refractivity contribution in [2.45, 2.75) is 32.3 Å². The number of carbonyl (C=O) groups excluding carboxylic acids is 2. The van der Waals surface area contributed by atoms with Crippen molar-refractivity contribution in [1.29, 1.82) is 0 Å². The van der Waals surface area contributed by atoms with Gasteiger partial charge in [-0.1, -0.05) is 24.1 Å². The number of piperidine rings is 1. The zero-order chi connectivity index (χ0) is 21.8. The van der Waals surface area contributed by atoms with E-state index < -0.39 is 12.1 Å². The van der Waals surface area contributed by atoms with Gasteiger partial charge in [-0.25, -0.2) is 4.79 Å². The molecule has 2 N–H and O–H groups in total. The van der Waals surface area contributed by atoms with Gasteiger partial charge in [0.05, 0.1) is 5.69 Å². The van der Waals surface area contributed by atoms with Crippen molar-refractivity contribution in [3.8, 4) is 5.75 Å². The lowest BCUT2D eigenvalue weighted by atomic mass is 10.1. The van der Waals surface area contributed by atoms with E-state index in [1.807, 2.05) is 0 Å². The fourth-order valence-electron chi connectivity index (χ4n) is 4.00. The van der Waals surface area contributed by atoms with Gasteiger partial charge in [0.1, 0.15) is 5.75 Å². The highest BCUT2D eigenvalue weighted by atomic mass is 35.5. The second-order valence-corrected chi connectivity index (χ2v) is 8.36. The summed E-state index contributed by atoms with van der Waals surface area (Å²) >= 11 is 5.97. The molecule has 2 heterocycles. The van der Waals surface area contributed by atoms with E-state index in [1.54, 1.807) is 54.3 Å². The number of urea groups is 1. The molecule has 0 bridgehead atoms. The van der Waals surface area contributed by atoms with Crippen LogP contribution in [-0.2, 0) is 4.79 Å². The van der Waals surface area contributed by atoms with E-state index in [2.05, 4.69) is 15.5 Å². The molecule has 2 aromatic rings. The number of ether oxygens (including phenoxy) is 1. The van der Waals surface area contributed by atoms with Crippen LogP contribution in [0.5, 0.6) is 5.75 Å². The van der Waals surface area contributed by atoms with E-state index in [0.29, 0.717) is 34.4 Å². The van der Waals surface area contributed by atoms with Gasteiger partial charge in [0.15, 0.2) is 6.10 Å². The highest BCUT2D eigenvalue weighted by molar-refractivity contribution is 6.30. The van der Waals surface area contributed by atoms with Crippen LogP contribution in [0.1, 0.15) is 26.2 Å². The van der Waals surface area contributed by atoms with E-state index in [9.17, 15) is 9.59 Å². The third-order valence-electron chi connectivity index (χ3n) is 5.60. The Bertz CT molecular complexity index is 962. The summed E-state index contributed by atoms with van der Waals surface area (Å²) in [5.74, 6) is 0.580. The lowest BCUT2D eigenvalue weighted by molar-refractivity contribution is -0.125. The molecule has 4 rings (SSSR count). The lowest BCUT2D eigenvalue weighted by Gasteiger charge is -2.35. The maximum absolute atomic E-state index is 12.8. The summed E-state index contributed by atoms with van der Waals surface area (Å²) in [5.41, 5.74) is 1.85. The van der Waals surface area contributed by atoms with Crippen LogP contribution in [0.2, 0.25) is 5.02 Å². The number of carbonyl (C=O) groups is 2. The summed E-state index contributed by atoms with van der Waals surface area (Å²) in [6.07, 6.45) is 3.16. The van der Waals surface area contributed by atoms with Gasteiger partial charge in [-0.3, -0.25) is 4.79 Å². The normalized spacial score (nSPS) is 18.8. The van der Waals surface area contributed by atoms with Gasteiger partial charge in [-0.2, -0.15) is 0 Å². The summed E-state index contributed by atoms with van der Waals surface area (Å²) in [6, 6.07) is 11.9. The molecular formula is C23H27ClN4O3. The van der Waals surface area contributed by atoms with Crippen LogP contribution < -0.4 is 20.3 Å². The lowest BCUT2D eigenvalue weighted by Crippen LogP contribution is -2.48. The molecule has 0 radical (unpaired) electrons.